The first-order valence-electron chi connectivity index (χ1n) is 8.74. The third-order valence-corrected chi connectivity index (χ3v) is 3.85. The van der Waals surface area contributed by atoms with Crippen LogP contribution in [0.5, 0.6) is 0 Å². The molecule has 0 spiro atoms. The van der Waals surface area contributed by atoms with Gasteiger partial charge in [0.05, 0.1) is 0 Å². The summed E-state index contributed by atoms with van der Waals surface area (Å²) in [7, 11) is 0. The second kappa shape index (κ2) is 16.0. The van der Waals surface area contributed by atoms with Gasteiger partial charge in [-0.15, -0.1) is 0 Å². The lowest BCUT2D eigenvalue weighted by Crippen LogP contribution is -2.26. The summed E-state index contributed by atoms with van der Waals surface area (Å²) in [5.74, 6) is 0. The summed E-state index contributed by atoms with van der Waals surface area (Å²) in [6, 6.07) is 0.707. The first kappa shape index (κ1) is 18.9. The van der Waals surface area contributed by atoms with Gasteiger partial charge in [-0.05, 0) is 39.3 Å². The van der Waals surface area contributed by atoms with Gasteiger partial charge in [0.1, 0.15) is 0 Å². The van der Waals surface area contributed by atoms with Crippen molar-refractivity contribution in [2.45, 2.75) is 96.9 Å². The molecule has 2 heteroatoms. The van der Waals surface area contributed by atoms with Gasteiger partial charge in [0, 0.05) is 6.04 Å². The second-order valence-corrected chi connectivity index (χ2v) is 5.97. The van der Waals surface area contributed by atoms with E-state index in [0.717, 1.165) is 6.54 Å². The SMILES string of the molecule is CCCC(C)NCCCCCCCCCCCCN. The van der Waals surface area contributed by atoms with Crippen molar-refractivity contribution in [1.29, 1.82) is 0 Å². The molecule has 3 N–H and O–H groups in total. The van der Waals surface area contributed by atoms with Gasteiger partial charge in [-0.3, -0.25) is 0 Å². The van der Waals surface area contributed by atoms with Crippen LogP contribution < -0.4 is 11.1 Å². The molecular formula is C17H38N2. The van der Waals surface area contributed by atoms with E-state index < -0.39 is 0 Å². The lowest BCUT2D eigenvalue weighted by molar-refractivity contribution is 0.484. The van der Waals surface area contributed by atoms with Crippen LogP contribution >= 0.6 is 0 Å². The normalized spacial score (nSPS) is 12.8. The largest absolute Gasteiger partial charge is 0.330 e. The minimum Gasteiger partial charge on any atom is -0.330 e. The van der Waals surface area contributed by atoms with Crippen molar-refractivity contribution in [3.63, 3.8) is 0 Å². The van der Waals surface area contributed by atoms with E-state index in [1.165, 1.54) is 83.6 Å². The smallest absolute Gasteiger partial charge is 0.00386 e. The Morgan fingerprint density at radius 2 is 1.26 bits per heavy atom. The molecule has 2 nitrogen and oxygen atoms in total. The zero-order valence-electron chi connectivity index (χ0n) is 13.6. The Bertz CT molecular complexity index is 159. The topological polar surface area (TPSA) is 38.0 Å². The average Bonchev–Trinajstić information content (AvgIpc) is 2.40. The fraction of sp³-hybridized carbons (Fsp3) is 1.00. The molecule has 0 aliphatic rings. The van der Waals surface area contributed by atoms with Crippen LogP contribution in [0.2, 0.25) is 0 Å². The number of unbranched alkanes of at least 4 members (excludes halogenated alkanes) is 9. The highest BCUT2D eigenvalue weighted by Gasteiger charge is 1.98. The fourth-order valence-corrected chi connectivity index (χ4v) is 2.57. The summed E-state index contributed by atoms with van der Waals surface area (Å²) in [6.45, 7) is 6.63. The monoisotopic (exact) mass is 270 g/mol. The Balaban J connectivity index is 2.99. The summed E-state index contributed by atoms with van der Waals surface area (Å²) in [5.41, 5.74) is 5.48. The maximum absolute atomic E-state index is 5.48. The molecule has 0 aromatic heterocycles. The maximum Gasteiger partial charge on any atom is 0.00386 e. The van der Waals surface area contributed by atoms with Crippen LogP contribution in [-0.2, 0) is 0 Å². The van der Waals surface area contributed by atoms with Crippen LogP contribution in [0.25, 0.3) is 0 Å². The van der Waals surface area contributed by atoms with Gasteiger partial charge >= 0.3 is 0 Å². The molecule has 0 aliphatic carbocycles. The van der Waals surface area contributed by atoms with Crippen molar-refractivity contribution in [2.24, 2.45) is 5.73 Å². The molecule has 0 amide bonds. The van der Waals surface area contributed by atoms with Gasteiger partial charge in [-0.1, -0.05) is 64.7 Å². The lowest BCUT2D eigenvalue weighted by atomic mass is 10.1. The summed E-state index contributed by atoms with van der Waals surface area (Å²) < 4.78 is 0. The first-order chi connectivity index (χ1) is 9.31. The molecule has 0 bridgehead atoms. The highest BCUT2D eigenvalue weighted by atomic mass is 14.9. The molecule has 0 radical (unpaired) electrons. The molecular weight excluding hydrogens is 232 g/mol. The van der Waals surface area contributed by atoms with Crippen molar-refractivity contribution >= 4 is 0 Å². The summed E-state index contributed by atoms with van der Waals surface area (Å²) in [4.78, 5) is 0. The molecule has 0 aromatic carbocycles. The van der Waals surface area contributed by atoms with Gasteiger partial charge in [-0.25, -0.2) is 0 Å². The number of hydrogen-bond donors (Lipinski definition) is 2. The first-order valence-corrected chi connectivity index (χ1v) is 8.74. The molecule has 19 heavy (non-hydrogen) atoms. The summed E-state index contributed by atoms with van der Waals surface area (Å²) in [6.07, 6.45) is 16.4. The van der Waals surface area contributed by atoms with E-state index in [9.17, 15) is 0 Å². The number of hydrogen-bond acceptors (Lipinski definition) is 2. The highest BCUT2D eigenvalue weighted by molar-refractivity contribution is 4.59. The Morgan fingerprint density at radius 1 is 0.789 bits per heavy atom. The average molecular weight is 271 g/mol. The fourth-order valence-electron chi connectivity index (χ4n) is 2.57. The number of nitrogens with two attached hydrogens (primary N) is 1. The Hall–Kier alpha value is -0.0800. The lowest BCUT2D eigenvalue weighted by Gasteiger charge is -2.12. The summed E-state index contributed by atoms with van der Waals surface area (Å²) in [5, 5.41) is 3.60. The van der Waals surface area contributed by atoms with E-state index in [2.05, 4.69) is 19.2 Å². The van der Waals surface area contributed by atoms with Gasteiger partial charge in [0.25, 0.3) is 0 Å². The minimum atomic E-state index is 0.707. The van der Waals surface area contributed by atoms with Crippen molar-refractivity contribution in [3.05, 3.63) is 0 Å². The van der Waals surface area contributed by atoms with Crippen molar-refractivity contribution in [2.75, 3.05) is 13.1 Å². The predicted octanol–water partition coefficient (Wildman–Crippen LogP) is 4.62. The number of rotatable bonds is 15. The van der Waals surface area contributed by atoms with E-state index in [-0.39, 0.29) is 0 Å². The van der Waals surface area contributed by atoms with Gasteiger partial charge < -0.3 is 11.1 Å². The molecule has 1 unspecified atom stereocenters. The van der Waals surface area contributed by atoms with Gasteiger partial charge in [-0.2, -0.15) is 0 Å². The van der Waals surface area contributed by atoms with E-state index in [1.807, 2.05) is 0 Å². The Labute approximate surface area is 121 Å². The van der Waals surface area contributed by atoms with Crippen LogP contribution in [0.15, 0.2) is 0 Å². The maximum atomic E-state index is 5.48. The number of nitrogens with one attached hydrogen (secondary N) is 1. The molecule has 0 fully saturated rings. The molecule has 0 heterocycles. The van der Waals surface area contributed by atoms with E-state index in [4.69, 9.17) is 5.73 Å². The van der Waals surface area contributed by atoms with Crippen molar-refractivity contribution in [1.82, 2.24) is 5.32 Å². The Morgan fingerprint density at radius 3 is 1.74 bits per heavy atom. The Kier molecular flexibility index (Phi) is 15.9. The summed E-state index contributed by atoms with van der Waals surface area (Å²) >= 11 is 0. The minimum absolute atomic E-state index is 0.707. The highest BCUT2D eigenvalue weighted by Crippen LogP contribution is 2.10. The van der Waals surface area contributed by atoms with E-state index in [0.29, 0.717) is 6.04 Å². The van der Waals surface area contributed by atoms with Crippen molar-refractivity contribution < 1.29 is 0 Å². The van der Waals surface area contributed by atoms with E-state index >= 15 is 0 Å². The molecule has 0 saturated carbocycles. The third kappa shape index (κ3) is 15.9. The third-order valence-electron chi connectivity index (χ3n) is 3.85. The molecule has 0 rings (SSSR count). The second-order valence-electron chi connectivity index (χ2n) is 5.97. The van der Waals surface area contributed by atoms with Crippen LogP contribution in [0.3, 0.4) is 0 Å². The van der Waals surface area contributed by atoms with Crippen LogP contribution in [-0.4, -0.2) is 19.1 Å². The van der Waals surface area contributed by atoms with Crippen molar-refractivity contribution in [3.8, 4) is 0 Å². The molecule has 0 aliphatic heterocycles. The molecule has 0 saturated heterocycles. The van der Waals surface area contributed by atoms with Crippen LogP contribution in [0.4, 0.5) is 0 Å². The van der Waals surface area contributed by atoms with Gasteiger partial charge in [0.15, 0.2) is 0 Å². The van der Waals surface area contributed by atoms with Crippen LogP contribution in [0, 0.1) is 0 Å². The standard InChI is InChI=1S/C17H38N2/c1-3-14-17(2)19-16-13-11-9-7-5-4-6-8-10-12-15-18/h17,19H,3-16,18H2,1-2H3. The zero-order chi connectivity index (χ0) is 14.2. The quantitative estimate of drug-likeness (QED) is 0.426. The molecule has 116 valence electrons. The van der Waals surface area contributed by atoms with Gasteiger partial charge in [0.2, 0.25) is 0 Å². The molecule has 1 atom stereocenters. The van der Waals surface area contributed by atoms with E-state index in [1.54, 1.807) is 0 Å². The molecule has 0 aromatic rings. The zero-order valence-corrected chi connectivity index (χ0v) is 13.6. The predicted molar refractivity (Wildman–Crippen MR) is 87.6 cm³/mol. The van der Waals surface area contributed by atoms with Crippen LogP contribution in [0.1, 0.15) is 90.9 Å².